The zero-order valence-electron chi connectivity index (χ0n) is 13.9. The number of halogens is 1. The smallest absolute Gasteiger partial charge is 0.278 e. The van der Waals surface area contributed by atoms with Gasteiger partial charge < -0.3 is 20.5 Å². The zero-order valence-corrected chi connectivity index (χ0v) is 13.9. The SMILES string of the molecule is CC.COCCOc1cnc(C(=O)Nc2ccc(F)cc2)c(N)n1. The van der Waals surface area contributed by atoms with E-state index in [4.69, 9.17) is 15.2 Å². The summed E-state index contributed by atoms with van der Waals surface area (Å²) in [5.41, 5.74) is 6.08. The number of nitrogens with zero attached hydrogens (tertiary/aromatic N) is 2. The summed E-state index contributed by atoms with van der Waals surface area (Å²) in [4.78, 5) is 19.9. The van der Waals surface area contributed by atoms with Crippen LogP contribution in [0.2, 0.25) is 0 Å². The van der Waals surface area contributed by atoms with Crippen molar-refractivity contribution in [1.82, 2.24) is 9.97 Å². The van der Waals surface area contributed by atoms with Crippen molar-refractivity contribution in [2.24, 2.45) is 0 Å². The number of nitrogen functional groups attached to an aromatic ring is 1. The second-order valence-corrected chi connectivity index (χ2v) is 4.24. The van der Waals surface area contributed by atoms with Crippen LogP contribution < -0.4 is 15.8 Å². The standard InChI is InChI=1S/C14H15FN4O3.C2H6/c1-21-6-7-22-11-8-17-12(13(16)19-11)14(20)18-10-4-2-9(15)3-5-10;1-2/h2-5,8H,6-7H2,1H3,(H2,16,19)(H,18,20);1-2H3. The number of nitrogens with one attached hydrogen (secondary N) is 1. The van der Waals surface area contributed by atoms with E-state index in [2.05, 4.69) is 15.3 Å². The molecule has 2 aromatic rings. The lowest BCUT2D eigenvalue weighted by Gasteiger charge is -2.08. The number of hydrogen-bond donors (Lipinski definition) is 2. The van der Waals surface area contributed by atoms with Gasteiger partial charge in [-0.15, -0.1) is 0 Å². The fourth-order valence-electron chi connectivity index (χ4n) is 1.58. The fourth-order valence-corrected chi connectivity index (χ4v) is 1.58. The lowest BCUT2D eigenvalue weighted by atomic mass is 10.3. The van der Waals surface area contributed by atoms with Crippen LogP contribution in [0.1, 0.15) is 24.3 Å². The van der Waals surface area contributed by atoms with E-state index in [-0.39, 0.29) is 17.4 Å². The van der Waals surface area contributed by atoms with Gasteiger partial charge in [-0.1, -0.05) is 13.8 Å². The first-order valence-electron chi connectivity index (χ1n) is 7.41. The van der Waals surface area contributed by atoms with E-state index in [1.807, 2.05) is 13.8 Å². The second kappa shape index (κ2) is 10.1. The first-order chi connectivity index (χ1) is 11.6. The van der Waals surface area contributed by atoms with Crippen LogP contribution in [-0.4, -0.2) is 36.2 Å². The number of ether oxygens (including phenoxy) is 2. The molecule has 0 spiro atoms. The summed E-state index contributed by atoms with van der Waals surface area (Å²) in [6.45, 7) is 4.69. The molecule has 1 heterocycles. The van der Waals surface area contributed by atoms with Crippen LogP contribution >= 0.6 is 0 Å². The molecule has 1 aromatic heterocycles. The van der Waals surface area contributed by atoms with Gasteiger partial charge in [-0.3, -0.25) is 4.79 Å². The Bertz CT molecular complexity index is 650. The topological polar surface area (TPSA) is 99.4 Å². The van der Waals surface area contributed by atoms with Gasteiger partial charge in [0.1, 0.15) is 12.4 Å². The van der Waals surface area contributed by atoms with Crippen LogP contribution in [-0.2, 0) is 4.74 Å². The molecular formula is C16H21FN4O3. The Hall–Kier alpha value is -2.74. The highest BCUT2D eigenvalue weighted by molar-refractivity contribution is 6.05. The number of methoxy groups -OCH3 is 1. The van der Waals surface area contributed by atoms with Gasteiger partial charge >= 0.3 is 0 Å². The van der Waals surface area contributed by atoms with E-state index in [0.29, 0.717) is 18.9 Å². The number of carbonyl (C=O) groups is 1. The largest absolute Gasteiger partial charge is 0.474 e. The van der Waals surface area contributed by atoms with Crippen molar-refractivity contribution in [1.29, 1.82) is 0 Å². The summed E-state index contributed by atoms with van der Waals surface area (Å²) >= 11 is 0. The third-order valence-corrected chi connectivity index (χ3v) is 2.63. The van der Waals surface area contributed by atoms with Gasteiger partial charge in [-0.05, 0) is 24.3 Å². The molecule has 0 saturated carbocycles. The molecule has 1 amide bonds. The average molecular weight is 336 g/mol. The molecule has 2 rings (SSSR count). The number of nitrogens with two attached hydrogens (primary N) is 1. The van der Waals surface area contributed by atoms with Crippen LogP contribution in [0.4, 0.5) is 15.9 Å². The normalized spacial score (nSPS) is 9.67. The zero-order chi connectivity index (χ0) is 17.9. The third-order valence-electron chi connectivity index (χ3n) is 2.63. The van der Waals surface area contributed by atoms with Gasteiger partial charge in [0.15, 0.2) is 11.5 Å². The maximum atomic E-state index is 12.8. The Morgan fingerprint density at radius 1 is 1.25 bits per heavy atom. The predicted molar refractivity (Wildman–Crippen MR) is 89.5 cm³/mol. The first kappa shape index (κ1) is 19.3. The van der Waals surface area contributed by atoms with E-state index < -0.39 is 11.7 Å². The van der Waals surface area contributed by atoms with Crippen molar-refractivity contribution in [3.8, 4) is 5.88 Å². The number of hydrogen-bond acceptors (Lipinski definition) is 6. The van der Waals surface area contributed by atoms with Crippen molar-refractivity contribution in [3.05, 3.63) is 42.0 Å². The van der Waals surface area contributed by atoms with E-state index in [1.165, 1.54) is 30.5 Å². The van der Waals surface area contributed by atoms with Gasteiger partial charge in [-0.25, -0.2) is 9.37 Å². The average Bonchev–Trinajstić information content (AvgIpc) is 2.59. The van der Waals surface area contributed by atoms with Gasteiger partial charge in [0.2, 0.25) is 5.88 Å². The molecule has 0 fully saturated rings. The summed E-state index contributed by atoms with van der Waals surface area (Å²) in [7, 11) is 1.55. The Kier molecular flexibility index (Phi) is 8.14. The molecule has 24 heavy (non-hydrogen) atoms. The van der Waals surface area contributed by atoms with Crippen molar-refractivity contribution >= 4 is 17.4 Å². The molecule has 1 aromatic carbocycles. The minimum atomic E-state index is -0.542. The molecule has 0 aliphatic rings. The molecule has 3 N–H and O–H groups in total. The number of benzene rings is 1. The van der Waals surface area contributed by atoms with Crippen molar-refractivity contribution < 1.29 is 18.7 Å². The number of aromatic nitrogens is 2. The highest BCUT2D eigenvalue weighted by atomic mass is 19.1. The van der Waals surface area contributed by atoms with Gasteiger partial charge in [0, 0.05) is 12.8 Å². The molecule has 0 saturated heterocycles. The maximum absolute atomic E-state index is 12.8. The van der Waals surface area contributed by atoms with Gasteiger partial charge in [-0.2, -0.15) is 4.98 Å². The van der Waals surface area contributed by atoms with Crippen LogP contribution in [0, 0.1) is 5.82 Å². The van der Waals surface area contributed by atoms with E-state index in [1.54, 1.807) is 7.11 Å². The second-order valence-electron chi connectivity index (χ2n) is 4.24. The highest BCUT2D eigenvalue weighted by Crippen LogP contribution is 2.15. The highest BCUT2D eigenvalue weighted by Gasteiger charge is 2.14. The lowest BCUT2D eigenvalue weighted by molar-refractivity contribution is 0.102. The molecule has 0 aliphatic carbocycles. The summed E-state index contributed by atoms with van der Waals surface area (Å²) in [6.07, 6.45) is 1.30. The maximum Gasteiger partial charge on any atom is 0.278 e. The van der Waals surface area contributed by atoms with Crippen molar-refractivity contribution in [3.63, 3.8) is 0 Å². The Balaban J connectivity index is 0.00000139. The molecule has 130 valence electrons. The molecule has 7 nitrogen and oxygen atoms in total. The van der Waals surface area contributed by atoms with Gasteiger partial charge in [0.25, 0.3) is 5.91 Å². The van der Waals surface area contributed by atoms with Crippen LogP contribution in [0.3, 0.4) is 0 Å². The van der Waals surface area contributed by atoms with Crippen molar-refractivity contribution in [2.75, 3.05) is 31.4 Å². The lowest BCUT2D eigenvalue weighted by Crippen LogP contribution is -2.17. The minimum absolute atomic E-state index is 0.0385. The summed E-state index contributed by atoms with van der Waals surface area (Å²) in [5.74, 6) is -0.794. The van der Waals surface area contributed by atoms with Crippen LogP contribution in [0.25, 0.3) is 0 Å². The van der Waals surface area contributed by atoms with Crippen LogP contribution in [0.15, 0.2) is 30.5 Å². The molecule has 0 bridgehead atoms. The predicted octanol–water partition coefficient (Wildman–Crippen LogP) is 2.50. The molecule has 0 radical (unpaired) electrons. The van der Waals surface area contributed by atoms with Crippen molar-refractivity contribution in [2.45, 2.75) is 13.8 Å². The minimum Gasteiger partial charge on any atom is -0.474 e. The molecule has 8 heteroatoms. The van der Waals surface area contributed by atoms with E-state index >= 15 is 0 Å². The number of rotatable bonds is 6. The quantitative estimate of drug-likeness (QED) is 0.786. The molecule has 0 unspecified atom stereocenters. The number of amides is 1. The molecule has 0 atom stereocenters. The molecular weight excluding hydrogens is 315 g/mol. The summed E-state index contributed by atoms with van der Waals surface area (Å²) in [6, 6.07) is 5.33. The number of carbonyl (C=O) groups excluding carboxylic acids is 1. The third kappa shape index (κ3) is 5.81. The van der Waals surface area contributed by atoms with Gasteiger partial charge in [0.05, 0.1) is 12.8 Å². The Morgan fingerprint density at radius 2 is 1.92 bits per heavy atom. The summed E-state index contributed by atoms with van der Waals surface area (Å²) in [5, 5.41) is 2.55. The number of anilines is 2. The monoisotopic (exact) mass is 336 g/mol. The Morgan fingerprint density at radius 3 is 2.50 bits per heavy atom. The fraction of sp³-hybridized carbons (Fsp3) is 0.312. The molecule has 0 aliphatic heterocycles. The Labute approximate surface area is 140 Å². The van der Waals surface area contributed by atoms with E-state index in [0.717, 1.165) is 0 Å². The van der Waals surface area contributed by atoms with E-state index in [9.17, 15) is 9.18 Å². The summed E-state index contributed by atoms with van der Waals surface area (Å²) < 4.78 is 22.9. The van der Waals surface area contributed by atoms with Crippen LogP contribution in [0.5, 0.6) is 5.88 Å². The first-order valence-corrected chi connectivity index (χ1v) is 7.41.